The highest BCUT2D eigenvalue weighted by Gasteiger charge is 2.10. The smallest absolute Gasteiger partial charge is 0.200 e. The van der Waals surface area contributed by atoms with E-state index in [4.69, 9.17) is 9.15 Å². The van der Waals surface area contributed by atoms with Crippen LogP contribution in [0.15, 0.2) is 64.0 Å². The van der Waals surface area contributed by atoms with Gasteiger partial charge in [0.05, 0.1) is 17.6 Å². The molecule has 1 aliphatic rings. The molecule has 0 radical (unpaired) electrons. The second kappa shape index (κ2) is 11.8. The van der Waals surface area contributed by atoms with Crippen molar-refractivity contribution in [1.82, 2.24) is 10.2 Å². The Morgan fingerprint density at radius 2 is 1.66 bits per heavy atom. The Kier molecular flexibility index (Phi) is 8.35. The van der Waals surface area contributed by atoms with Crippen molar-refractivity contribution in [2.24, 2.45) is 0 Å². The molecule has 5 nitrogen and oxygen atoms in total. The molecule has 170 valence electrons. The molecule has 0 saturated carbocycles. The van der Waals surface area contributed by atoms with Gasteiger partial charge in [0.2, 0.25) is 0 Å². The molecule has 0 spiro atoms. The molecule has 4 rings (SSSR count). The Morgan fingerprint density at radius 3 is 2.47 bits per heavy atom. The fourth-order valence-electron chi connectivity index (χ4n) is 4.28. The van der Waals surface area contributed by atoms with Crippen LogP contribution in [0.25, 0.3) is 22.1 Å². The lowest BCUT2D eigenvalue weighted by Gasteiger charge is -2.27. The summed E-state index contributed by atoms with van der Waals surface area (Å²) in [6, 6.07) is 15.1. The van der Waals surface area contributed by atoms with E-state index in [2.05, 4.69) is 10.2 Å². The Hall–Kier alpha value is -2.63. The van der Waals surface area contributed by atoms with Gasteiger partial charge in [-0.2, -0.15) is 0 Å². The maximum absolute atomic E-state index is 12.8. The van der Waals surface area contributed by atoms with Crippen LogP contribution in [-0.2, 0) is 0 Å². The first kappa shape index (κ1) is 22.6. The quantitative estimate of drug-likeness (QED) is 0.426. The molecule has 0 unspecified atom stereocenters. The molecule has 0 aliphatic carbocycles. The monoisotopic (exact) mass is 434 g/mol. The predicted molar refractivity (Wildman–Crippen MR) is 130 cm³/mol. The van der Waals surface area contributed by atoms with E-state index in [0.717, 1.165) is 30.8 Å². The van der Waals surface area contributed by atoms with E-state index < -0.39 is 0 Å². The Bertz CT molecular complexity index is 1030. The van der Waals surface area contributed by atoms with Crippen LogP contribution in [0.3, 0.4) is 0 Å². The molecule has 1 saturated heterocycles. The number of piperazine rings is 1. The van der Waals surface area contributed by atoms with Gasteiger partial charge in [-0.15, -0.1) is 0 Å². The summed E-state index contributed by atoms with van der Waals surface area (Å²) in [5, 5.41) is 3.99. The summed E-state index contributed by atoms with van der Waals surface area (Å²) in [7, 11) is 0. The molecular weight excluding hydrogens is 400 g/mol. The summed E-state index contributed by atoms with van der Waals surface area (Å²) >= 11 is 0. The number of nitrogens with zero attached hydrogens (tertiary/aromatic N) is 1. The van der Waals surface area contributed by atoms with Crippen molar-refractivity contribution in [1.29, 1.82) is 0 Å². The Balaban J connectivity index is 1.17. The van der Waals surface area contributed by atoms with E-state index >= 15 is 0 Å². The minimum atomic E-state index is -0.0130. The van der Waals surface area contributed by atoms with Gasteiger partial charge in [-0.05, 0) is 37.1 Å². The zero-order valence-corrected chi connectivity index (χ0v) is 18.9. The molecule has 32 heavy (non-hydrogen) atoms. The normalized spacial score (nSPS) is 14.6. The zero-order chi connectivity index (χ0) is 22.0. The molecule has 1 fully saturated rings. The Morgan fingerprint density at radius 1 is 0.906 bits per heavy atom. The lowest BCUT2D eigenvalue weighted by Crippen LogP contribution is -2.43. The zero-order valence-electron chi connectivity index (χ0n) is 18.9. The number of fused-ring (bicyclic) bond motifs is 1. The summed E-state index contributed by atoms with van der Waals surface area (Å²) < 4.78 is 11.7. The minimum Gasteiger partial charge on any atom is -0.493 e. The van der Waals surface area contributed by atoms with Gasteiger partial charge >= 0.3 is 0 Å². The van der Waals surface area contributed by atoms with E-state index in [1.54, 1.807) is 12.3 Å². The van der Waals surface area contributed by atoms with Crippen molar-refractivity contribution < 1.29 is 9.15 Å². The van der Waals surface area contributed by atoms with Crippen LogP contribution in [-0.4, -0.2) is 44.2 Å². The first-order chi connectivity index (χ1) is 15.8. The topological polar surface area (TPSA) is 54.7 Å². The van der Waals surface area contributed by atoms with Crippen molar-refractivity contribution in [3.8, 4) is 16.9 Å². The van der Waals surface area contributed by atoms with Gasteiger partial charge in [-0.1, -0.05) is 56.0 Å². The van der Waals surface area contributed by atoms with Crippen LogP contribution >= 0.6 is 0 Å². The molecule has 0 bridgehead atoms. The summed E-state index contributed by atoms with van der Waals surface area (Å²) in [6.45, 7) is 6.61. The summed E-state index contributed by atoms with van der Waals surface area (Å²) in [5.74, 6) is 0.754. The molecule has 2 heterocycles. The third-order valence-electron chi connectivity index (χ3n) is 6.18. The first-order valence-electron chi connectivity index (χ1n) is 12.0. The molecular formula is C27H34N2O3. The van der Waals surface area contributed by atoms with Crippen LogP contribution < -0.4 is 15.5 Å². The molecule has 3 aromatic rings. The highest BCUT2D eigenvalue weighted by Crippen LogP contribution is 2.23. The second-order valence-electron chi connectivity index (χ2n) is 8.56. The van der Waals surface area contributed by atoms with E-state index in [1.165, 1.54) is 51.7 Å². The Labute approximate surface area is 190 Å². The van der Waals surface area contributed by atoms with Gasteiger partial charge in [-0.3, -0.25) is 4.79 Å². The van der Waals surface area contributed by atoms with Crippen molar-refractivity contribution in [3.63, 3.8) is 0 Å². The van der Waals surface area contributed by atoms with E-state index in [9.17, 15) is 4.79 Å². The first-order valence-corrected chi connectivity index (χ1v) is 12.0. The largest absolute Gasteiger partial charge is 0.493 e. The third kappa shape index (κ3) is 6.21. The molecule has 1 aliphatic heterocycles. The number of unbranched alkanes of at least 4 members (excludes halogenated alkanes) is 5. The van der Waals surface area contributed by atoms with Gasteiger partial charge in [0, 0.05) is 32.2 Å². The third-order valence-corrected chi connectivity index (χ3v) is 6.18. The maximum Gasteiger partial charge on any atom is 0.200 e. The van der Waals surface area contributed by atoms with Crippen LogP contribution in [0.5, 0.6) is 5.75 Å². The number of ether oxygens (including phenoxy) is 1. The number of rotatable bonds is 11. The van der Waals surface area contributed by atoms with Crippen molar-refractivity contribution >= 4 is 11.0 Å². The van der Waals surface area contributed by atoms with E-state index in [-0.39, 0.29) is 5.43 Å². The van der Waals surface area contributed by atoms with E-state index in [0.29, 0.717) is 23.1 Å². The van der Waals surface area contributed by atoms with Crippen LogP contribution in [0.2, 0.25) is 0 Å². The molecule has 0 amide bonds. The van der Waals surface area contributed by atoms with Gasteiger partial charge in [0.15, 0.2) is 5.43 Å². The number of hydrogen-bond acceptors (Lipinski definition) is 5. The summed E-state index contributed by atoms with van der Waals surface area (Å²) in [5.41, 5.74) is 2.00. The van der Waals surface area contributed by atoms with Gasteiger partial charge in [-0.25, -0.2) is 0 Å². The van der Waals surface area contributed by atoms with Crippen molar-refractivity contribution in [2.75, 3.05) is 39.3 Å². The van der Waals surface area contributed by atoms with Gasteiger partial charge in [0.25, 0.3) is 0 Å². The maximum atomic E-state index is 12.8. The highest BCUT2D eigenvalue weighted by atomic mass is 16.5. The molecule has 0 atom stereocenters. The second-order valence-corrected chi connectivity index (χ2v) is 8.56. The van der Waals surface area contributed by atoms with Crippen LogP contribution in [0, 0.1) is 0 Å². The lowest BCUT2D eigenvalue weighted by atomic mass is 10.1. The van der Waals surface area contributed by atoms with Crippen molar-refractivity contribution in [3.05, 3.63) is 65.0 Å². The minimum absolute atomic E-state index is 0.0130. The fourth-order valence-corrected chi connectivity index (χ4v) is 4.28. The van der Waals surface area contributed by atoms with Gasteiger partial charge < -0.3 is 19.4 Å². The standard InChI is InChI=1S/C27H34N2O3/c30-27-24-13-12-23(20-26(24)32-21-25(27)22-10-6-5-7-11-22)31-19-9-4-2-1-3-8-16-29-17-14-28-15-18-29/h5-7,10-13,20-21,28H,1-4,8-9,14-19H2. The SMILES string of the molecule is O=c1c(-c2ccccc2)coc2cc(OCCCCCCCCN3CCNCC3)ccc12. The summed E-state index contributed by atoms with van der Waals surface area (Å²) in [6.07, 6.45) is 8.98. The fraction of sp³-hybridized carbons (Fsp3) is 0.444. The number of hydrogen-bond donors (Lipinski definition) is 1. The number of nitrogens with one attached hydrogen (secondary N) is 1. The average molecular weight is 435 g/mol. The molecule has 2 aromatic carbocycles. The molecule has 1 N–H and O–H groups in total. The molecule has 1 aromatic heterocycles. The van der Waals surface area contributed by atoms with Gasteiger partial charge in [0.1, 0.15) is 17.6 Å². The van der Waals surface area contributed by atoms with Crippen LogP contribution in [0.4, 0.5) is 0 Å². The van der Waals surface area contributed by atoms with Crippen LogP contribution in [0.1, 0.15) is 38.5 Å². The molecule has 5 heteroatoms. The summed E-state index contributed by atoms with van der Waals surface area (Å²) in [4.78, 5) is 15.4. The van der Waals surface area contributed by atoms with Crippen molar-refractivity contribution in [2.45, 2.75) is 38.5 Å². The van der Waals surface area contributed by atoms with E-state index in [1.807, 2.05) is 42.5 Å². The lowest BCUT2D eigenvalue weighted by molar-refractivity contribution is 0.235. The average Bonchev–Trinajstić information content (AvgIpc) is 2.84. The highest BCUT2D eigenvalue weighted by molar-refractivity contribution is 5.82. The predicted octanol–water partition coefficient (Wildman–Crippen LogP) is 5.08. The number of benzene rings is 2.